The van der Waals surface area contributed by atoms with Crippen molar-refractivity contribution in [3.63, 3.8) is 0 Å². The van der Waals surface area contributed by atoms with Gasteiger partial charge in [-0.25, -0.2) is 5.06 Å². The maximum atomic E-state index is 12.6. The Labute approximate surface area is 140 Å². The summed E-state index contributed by atoms with van der Waals surface area (Å²) in [6.45, 7) is 2.08. The molecule has 3 rings (SSSR count). The van der Waals surface area contributed by atoms with Crippen LogP contribution >= 0.6 is 11.3 Å². The largest absolute Gasteiger partial charge is 0.287 e. The number of hydrogen-bond acceptors (Lipinski definition) is 3. The molecule has 1 aromatic heterocycles. The highest BCUT2D eigenvalue weighted by Crippen LogP contribution is 2.33. The van der Waals surface area contributed by atoms with E-state index < -0.39 is 0 Å². The summed E-state index contributed by atoms with van der Waals surface area (Å²) in [5.41, 5.74) is 3.51. The molecule has 0 spiro atoms. The van der Waals surface area contributed by atoms with Crippen molar-refractivity contribution in [1.82, 2.24) is 5.06 Å². The summed E-state index contributed by atoms with van der Waals surface area (Å²) < 4.78 is 1.13. The minimum absolute atomic E-state index is 0.101. The second-order valence-corrected chi connectivity index (χ2v) is 6.61. The van der Waals surface area contributed by atoms with Crippen molar-refractivity contribution in [2.24, 2.45) is 0 Å². The van der Waals surface area contributed by atoms with Crippen LogP contribution < -0.4 is 0 Å². The maximum absolute atomic E-state index is 12.6. The number of carbonyl (C=O) groups excluding carboxylic acids is 1. The first-order chi connectivity index (χ1) is 11.1. The quantitative estimate of drug-likeness (QED) is 0.664. The van der Waals surface area contributed by atoms with E-state index in [1.54, 1.807) is 7.05 Å². The van der Waals surface area contributed by atoms with Gasteiger partial charge in [-0.3, -0.25) is 9.63 Å². The summed E-state index contributed by atoms with van der Waals surface area (Å²) in [4.78, 5) is 18.4. The van der Waals surface area contributed by atoms with Gasteiger partial charge in [0.05, 0.1) is 12.0 Å². The average Bonchev–Trinajstić information content (AvgIpc) is 2.94. The number of aryl methyl sites for hydroxylation is 1. The van der Waals surface area contributed by atoms with E-state index in [0.29, 0.717) is 0 Å². The van der Waals surface area contributed by atoms with Crippen LogP contribution in [0, 0.1) is 6.92 Å². The van der Waals surface area contributed by atoms with Gasteiger partial charge in [0.15, 0.2) is 0 Å². The minimum Gasteiger partial charge on any atom is -0.274 e. The lowest BCUT2D eigenvalue weighted by Crippen LogP contribution is -2.25. The van der Waals surface area contributed by atoms with Crippen LogP contribution in [0.5, 0.6) is 0 Å². The summed E-state index contributed by atoms with van der Waals surface area (Å²) in [5, 5.41) is 2.43. The first kappa shape index (κ1) is 15.7. The highest BCUT2D eigenvalue weighted by molar-refractivity contribution is 7.21. The molecule has 0 N–H and O–H groups in total. The topological polar surface area (TPSA) is 29.5 Å². The highest BCUT2D eigenvalue weighted by Gasteiger charge is 2.21. The van der Waals surface area contributed by atoms with E-state index in [2.05, 4.69) is 43.3 Å². The molecule has 0 fully saturated rings. The zero-order chi connectivity index (χ0) is 16.4. The number of rotatable bonds is 4. The highest BCUT2D eigenvalue weighted by atomic mass is 32.1. The average molecular weight is 325 g/mol. The van der Waals surface area contributed by atoms with E-state index in [1.165, 1.54) is 34.6 Å². The van der Waals surface area contributed by atoms with Gasteiger partial charge in [-0.2, -0.15) is 0 Å². The van der Waals surface area contributed by atoms with Gasteiger partial charge in [0.2, 0.25) is 0 Å². The molecule has 118 valence electrons. The Bertz CT molecular complexity index is 836. The third-order valence-corrected chi connectivity index (χ3v) is 5.15. The molecule has 0 aliphatic carbocycles. The Kier molecular flexibility index (Phi) is 4.46. The van der Waals surface area contributed by atoms with Crippen LogP contribution in [0.2, 0.25) is 0 Å². The molecular formula is C19H19NO2S. The summed E-state index contributed by atoms with van der Waals surface area (Å²) in [6.07, 6.45) is 0.739. The van der Waals surface area contributed by atoms with E-state index in [0.717, 1.165) is 26.9 Å². The van der Waals surface area contributed by atoms with Crippen LogP contribution in [0.25, 0.3) is 10.1 Å². The zero-order valence-electron chi connectivity index (χ0n) is 13.5. The molecule has 0 unspecified atom stereocenters. The van der Waals surface area contributed by atoms with Crippen molar-refractivity contribution >= 4 is 27.3 Å². The standard InChI is InChI=1S/C19H19NO2S/c1-13-8-10-14(11-9-13)12-16-15-6-4-5-7-17(15)23-18(16)19(21)20(2)22-3/h4-11H,12H2,1-3H3. The monoisotopic (exact) mass is 325 g/mol. The summed E-state index contributed by atoms with van der Waals surface area (Å²) >= 11 is 1.53. The van der Waals surface area contributed by atoms with Gasteiger partial charge in [0.25, 0.3) is 5.91 Å². The molecule has 0 aliphatic heterocycles. The molecule has 0 atom stereocenters. The van der Waals surface area contributed by atoms with E-state index in [1.807, 2.05) is 12.1 Å². The first-order valence-electron chi connectivity index (χ1n) is 7.48. The molecule has 3 aromatic rings. The van der Waals surface area contributed by atoms with Gasteiger partial charge < -0.3 is 0 Å². The lowest BCUT2D eigenvalue weighted by molar-refractivity contribution is -0.0754. The molecule has 0 saturated heterocycles. The summed E-state index contributed by atoms with van der Waals surface area (Å²) in [6, 6.07) is 16.6. The molecule has 3 nitrogen and oxygen atoms in total. The van der Waals surface area contributed by atoms with Crippen LogP contribution in [-0.2, 0) is 11.3 Å². The third kappa shape index (κ3) is 3.14. The first-order valence-corrected chi connectivity index (χ1v) is 8.30. The fourth-order valence-corrected chi connectivity index (χ4v) is 3.77. The van der Waals surface area contributed by atoms with Crippen molar-refractivity contribution < 1.29 is 9.63 Å². The summed E-state index contributed by atoms with van der Waals surface area (Å²) in [5.74, 6) is -0.101. The predicted molar refractivity (Wildman–Crippen MR) is 94.9 cm³/mol. The minimum atomic E-state index is -0.101. The van der Waals surface area contributed by atoms with Crippen LogP contribution in [-0.4, -0.2) is 25.1 Å². The number of hydroxylamine groups is 2. The number of fused-ring (bicyclic) bond motifs is 1. The lowest BCUT2D eigenvalue weighted by Gasteiger charge is -2.14. The fourth-order valence-electron chi connectivity index (χ4n) is 2.58. The normalized spacial score (nSPS) is 10.9. The SMILES string of the molecule is CON(C)C(=O)c1sc2ccccc2c1Cc1ccc(C)cc1. The molecule has 1 heterocycles. The van der Waals surface area contributed by atoms with E-state index in [9.17, 15) is 4.79 Å². The van der Waals surface area contributed by atoms with Crippen LogP contribution in [0.1, 0.15) is 26.4 Å². The predicted octanol–water partition coefficient (Wildman–Crippen LogP) is 4.43. The van der Waals surface area contributed by atoms with Gasteiger partial charge in [0.1, 0.15) is 0 Å². The molecule has 0 bridgehead atoms. The van der Waals surface area contributed by atoms with Crippen LogP contribution in [0.3, 0.4) is 0 Å². The van der Waals surface area contributed by atoms with Gasteiger partial charge in [0, 0.05) is 11.7 Å². The number of benzene rings is 2. The Hall–Kier alpha value is -2.17. The second-order valence-electron chi connectivity index (χ2n) is 5.55. The fraction of sp³-hybridized carbons (Fsp3) is 0.211. The molecule has 23 heavy (non-hydrogen) atoms. The van der Waals surface area contributed by atoms with E-state index in [-0.39, 0.29) is 5.91 Å². The Morgan fingerprint density at radius 1 is 1.13 bits per heavy atom. The Morgan fingerprint density at radius 2 is 1.83 bits per heavy atom. The number of hydrogen-bond donors (Lipinski definition) is 0. The van der Waals surface area contributed by atoms with Crippen molar-refractivity contribution in [1.29, 1.82) is 0 Å². The Balaban J connectivity index is 2.09. The van der Waals surface area contributed by atoms with Crippen molar-refractivity contribution in [2.75, 3.05) is 14.2 Å². The summed E-state index contributed by atoms with van der Waals surface area (Å²) in [7, 11) is 3.15. The zero-order valence-corrected chi connectivity index (χ0v) is 14.3. The number of carbonyl (C=O) groups is 1. The number of nitrogens with zero attached hydrogens (tertiary/aromatic N) is 1. The van der Waals surface area contributed by atoms with E-state index in [4.69, 9.17) is 4.84 Å². The van der Waals surface area contributed by atoms with E-state index >= 15 is 0 Å². The molecule has 0 aliphatic rings. The smallest absolute Gasteiger partial charge is 0.274 e. The van der Waals surface area contributed by atoms with Gasteiger partial charge in [-0.1, -0.05) is 48.0 Å². The number of amides is 1. The van der Waals surface area contributed by atoms with Crippen molar-refractivity contribution in [3.8, 4) is 0 Å². The molecule has 2 aromatic carbocycles. The third-order valence-electron chi connectivity index (χ3n) is 3.95. The second kappa shape index (κ2) is 6.52. The van der Waals surface area contributed by atoms with Gasteiger partial charge in [-0.05, 0) is 35.9 Å². The molecule has 0 radical (unpaired) electrons. The van der Waals surface area contributed by atoms with Crippen LogP contribution in [0.4, 0.5) is 0 Å². The number of thiophene rings is 1. The Morgan fingerprint density at radius 3 is 2.52 bits per heavy atom. The van der Waals surface area contributed by atoms with Gasteiger partial charge >= 0.3 is 0 Å². The molecular weight excluding hydrogens is 306 g/mol. The molecule has 0 saturated carbocycles. The van der Waals surface area contributed by atoms with Gasteiger partial charge in [-0.15, -0.1) is 11.3 Å². The van der Waals surface area contributed by atoms with Crippen molar-refractivity contribution in [2.45, 2.75) is 13.3 Å². The molecule has 4 heteroatoms. The van der Waals surface area contributed by atoms with Crippen molar-refractivity contribution in [3.05, 3.63) is 70.1 Å². The molecule has 1 amide bonds. The van der Waals surface area contributed by atoms with Crippen LogP contribution in [0.15, 0.2) is 48.5 Å². The lowest BCUT2D eigenvalue weighted by atomic mass is 10.0. The maximum Gasteiger partial charge on any atom is 0.287 e.